The van der Waals surface area contributed by atoms with E-state index in [9.17, 15) is 28.8 Å². The van der Waals surface area contributed by atoms with Crippen molar-refractivity contribution in [3.05, 3.63) is 185 Å². The molecule has 8 fully saturated rings. The molecule has 8 N–H and O–H groups in total. The number of methoxy groups -OCH3 is 4. The summed E-state index contributed by atoms with van der Waals surface area (Å²) in [6, 6.07) is 33.3. The number of benzene rings is 4. The number of fused-ring (bicyclic) bond motifs is 12. The molecule has 21 rings (SSSR count). The summed E-state index contributed by atoms with van der Waals surface area (Å²) in [7, 11) is 7.99. The number of carbonyl (C=O) groups excluding carboxylic acids is 6. The van der Waals surface area contributed by atoms with Crippen LogP contribution in [0.2, 0.25) is 0 Å². The van der Waals surface area contributed by atoms with Crippen molar-refractivity contribution < 1.29 is 72.4 Å². The van der Waals surface area contributed by atoms with Crippen LogP contribution in [0.25, 0.3) is 31.3 Å². The lowest BCUT2D eigenvalue weighted by atomic mass is 9.61. The highest BCUT2D eigenvalue weighted by Gasteiger charge is 2.73. The van der Waals surface area contributed by atoms with E-state index in [0.29, 0.717) is 11.1 Å². The molecule has 4 atom stereocenters. The van der Waals surface area contributed by atoms with E-state index in [0.717, 1.165) is 201 Å². The molecule has 0 bridgehead atoms. The van der Waals surface area contributed by atoms with E-state index in [4.69, 9.17) is 61.7 Å². The lowest BCUT2D eigenvalue weighted by molar-refractivity contribution is -0.306. The number of nitrogens with zero attached hydrogens (tertiary/aromatic N) is 5. The van der Waals surface area contributed by atoms with E-state index in [1.54, 1.807) is 110 Å². The molecule has 4 aromatic heterocycles. The summed E-state index contributed by atoms with van der Waals surface area (Å²) in [5.74, 6) is 0.288. The van der Waals surface area contributed by atoms with Gasteiger partial charge in [0.2, 0.25) is 0 Å². The summed E-state index contributed by atoms with van der Waals surface area (Å²) in [6.07, 6.45) is 18.8. The normalized spacial score (nSPS) is 28.7. The molecule has 143 heavy (non-hydrogen) atoms. The number of urea groups is 2. The van der Waals surface area contributed by atoms with Gasteiger partial charge in [0, 0.05) is 135 Å². The number of thiophene rings is 4. The zero-order valence-corrected chi connectivity index (χ0v) is 97.3. The summed E-state index contributed by atoms with van der Waals surface area (Å²) >= 11 is 29.8. The molecule has 9 heterocycles. The van der Waals surface area contributed by atoms with Crippen molar-refractivity contribution >= 4 is 197 Å². The van der Waals surface area contributed by atoms with Crippen LogP contribution in [-0.2, 0) is 100 Å². The van der Waals surface area contributed by atoms with E-state index >= 15 is 0 Å². The maximum absolute atomic E-state index is 14.2. The molecular formula is C107H136BBr5N10O15S5. The lowest BCUT2D eigenvalue weighted by Gasteiger charge is -2.46. The van der Waals surface area contributed by atoms with Gasteiger partial charge in [-0.05, 0) is 433 Å². The molecule has 4 saturated heterocycles. The fourth-order valence-electron chi connectivity index (χ4n) is 24.7. The highest BCUT2D eigenvalue weighted by molar-refractivity contribution is 9.11. The minimum absolute atomic E-state index is 0.0246. The molecule has 36 heteroatoms. The minimum atomic E-state index is -1.07. The number of guanidine groups is 1. The number of hydrogen-bond donors (Lipinski definition) is 7. The minimum Gasteiger partial charge on any atom is -0.399 e. The smallest absolute Gasteiger partial charge is 0.399 e. The zero-order valence-electron chi connectivity index (χ0n) is 85.3. The number of amides is 8. The standard InChI is InChI=1S/C26H37BN2O5.C24H28BrN3O2S.C24H27BrN2O3S.C24H27BrN2O2S2.C4H2Br2S.C4H10O2.CH5NO/c1-16(2)29-21(30)26(28-22(29)31)20-14-18(27-33-23(3,4)24(5,6)34-27)9-8-17(20)15-25(26)12-10-19(32-7)11-13-25;1-14(2)28-21(29)24(27-22(28)26)19-10-15(20-11-17(25)13-31-20)4-5-16(19)12-23(24)8-6-18(30-3)7-9-23;1-14(2)27-21(28)24(26-22(27)29)19-10-15(20-11-17(25)13-31-20)4-5-16(19)12-23(24)8-6-18(30-3)7-9-23;1-14(2)27-21(28)24(26-22(27)30)19-10-15(20-11-17(25)13-31-20)4-5-16(19)12-23(24)8-6-18(29-3)7-9-23;5-3-1-4(6)7-2-3;1-4(2,3)6-5;1-2-3/h8-9,14,16,19H,10-13,15H2,1-7H3,(H,28,31);4-5,10-11,13-14,18H,6-9,12H2,1-3H3,(H2,26,27);4-5,10-11,13-14,18H,6-9,12H2,1-3H3,(H,26,29);4-5,10-11,13-14,18H,6-9,12H2,1-3H3,(H,26,30);1-2H;5H,1-3H3;2-3H,1H3. The van der Waals surface area contributed by atoms with Crippen molar-refractivity contribution in [3.8, 4) is 31.3 Å². The number of hydrogen-bond acceptors (Lipinski definition) is 23. The number of hydroxylamine groups is 1. The van der Waals surface area contributed by atoms with E-state index in [1.807, 2.05) is 94.5 Å². The maximum Gasteiger partial charge on any atom is 0.494 e. The Morgan fingerprint density at radius 1 is 0.455 bits per heavy atom. The van der Waals surface area contributed by atoms with Crippen molar-refractivity contribution in [2.24, 2.45) is 32.4 Å². The highest BCUT2D eigenvalue weighted by Crippen LogP contribution is 2.67. The summed E-state index contributed by atoms with van der Waals surface area (Å²) < 4.78 is 40.7. The second kappa shape index (κ2) is 43.3. The molecule has 8 aliphatic carbocycles. The van der Waals surface area contributed by atoms with Crippen molar-refractivity contribution in [1.82, 2.24) is 41.0 Å². The number of carbonyl (C=O) groups is 6. The molecule has 25 nitrogen and oxygen atoms in total. The van der Waals surface area contributed by atoms with Crippen LogP contribution in [0.4, 0.5) is 9.59 Å². The summed E-state index contributed by atoms with van der Waals surface area (Å²) in [5.41, 5.74) is 15.0. The third-order valence-corrected chi connectivity index (χ3v) is 40.2. The van der Waals surface area contributed by atoms with Crippen LogP contribution in [0.15, 0.2) is 145 Å². The molecule has 772 valence electrons. The fourth-order valence-corrected chi connectivity index (χ4v) is 31.4. The quantitative estimate of drug-likeness (QED) is 0.0196. The molecule has 0 radical (unpaired) electrons. The van der Waals surface area contributed by atoms with Gasteiger partial charge in [-0.3, -0.25) is 44.0 Å². The lowest BCUT2D eigenvalue weighted by Crippen LogP contribution is -2.57. The predicted molar refractivity (Wildman–Crippen MR) is 589 cm³/mol. The Morgan fingerprint density at radius 3 is 1.04 bits per heavy atom. The van der Waals surface area contributed by atoms with Crippen LogP contribution in [0.3, 0.4) is 0 Å². The summed E-state index contributed by atoms with van der Waals surface area (Å²) in [4.78, 5) is 102. The van der Waals surface area contributed by atoms with Gasteiger partial charge in [0.15, 0.2) is 33.2 Å². The van der Waals surface area contributed by atoms with Gasteiger partial charge in [-0.25, -0.2) is 24.9 Å². The van der Waals surface area contributed by atoms with Gasteiger partial charge in [-0.1, -0.05) is 54.6 Å². The number of ether oxygens (including phenoxy) is 4. The Balaban J connectivity index is 0.000000136. The van der Waals surface area contributed by atoms with Gasteiger partial charge >= 0.3 is 19.2 Å². The van der Waals surface area contributed by atoms with Crippen molar-refractivity contribution in [2.75, 3.05) is 35.5 Å². The fraction of sp³-hybridized carbons (Fsp3) is 0.551. The SMILES string of the molecule is Brc1csc(Br)c1.CC(C)(C)OO.CNO.COC1CCC2(CC1)Cc1ccc(-c3cc(Br)cs3)cc1C21N=C(N)N(C(C)C)C1=O.COC1CCC2(CC1)Cc1ccc(-c3cc(Br)cs3)cc1C21NC(=O)N(C(C)C)C1=O.COC1CCC2(CC1)Cc1ccc(-c3cc(Br)cs3)cc1C21NC(=S)N(C(C)C)C1=O.COC1CCC2(CC1)Cc1ccc(B3OC(C)(C)C(C)(C)O3)cc1C21NC(=O)N(C(C)C)C1=O. The van der Waals surface area contributed by atoms with Crippen molar-refractivity contribution in [3.63, 3.8) is 0 Å². The monoisotopic (exact) mass is 2370 g/mol. The zero-order chi connectivity index (χ0) is 104. The molecule has 5 aliphatic heterocycles. The number of aliphatic imine (C=N–C) groups is 1. The van der Waals surface area contributed by atoms with Gasteiger partial charge in [-0.15, -0.1) is 45.3 Å². The number of nitrogens with two attached hydrogens (primary N) is 1. The van der Waals surface area contributed by atoms with Crippen LogP contribution in [-0.4, -0.2) is 185 Å². The second-order valence-electron chi connectivity index (χ2n) is 43.4. The molecular weight excluding hydrogens is 2240 g/mol. The van der Waals surface area contributed by atoms with E-state index in [2.05, 4.69) is 208 Å². The van der Waals surface area contributed by atoms with Crippen LogP contribution in [0.1, 0.15) is 251 Å². The molecule has 4 saturated carbocycles. The van der Waals surface area contributed by atoms with Crippen LogP contribution >= 0.6 is 137 Å². The first-order valence-electron chi connectivity index (χ1n) is 49.5. The molecule has 13 aliphatic rings. The first-order valence-corrected chi connectivity index (χ1v) is 57.4. The number of imide groups is 2. The largest absolute Gasteiger partial charge is 0.494 e. The molecule has 8 amide bonds. The number of rotatable bonds is 12. The number of halogens is 5. The average Bonchev–Trinajstić information content (AvgIpc) is 1.53. The maximum atomic E-state index is 14.2. The Hall–Kier alpha value is -6.08. The third kappa shape index (κ3) is 20.1. The van der Waals surface area contributed by atoms with Crippen molar-refractivity contribution in [1.29, 1.82) is 0 Å². The highest BCUT2D eigenvalue weighted by atomic mass is 79.9. The van der Waals surface area contributed by atoms with Gasteiger partial charge in [0.1, 0.15) is 0 Å². The first-order chi connectivity index (χ1) is 67.6. The van der Waals surface area contributed by atoms with Gasteiger partial charge in [0.05, 0.1) is 45.0 Å². The second-order valence-corrected chi connectivity index (χ2v) is 52.4. The Kier molecular flexibility index (Phi) is 33.7. The third-order valence-electron chi connectivity index (χ3n) is 32.4. The Labute approximate surface area is 905 Å². The van der Waals surface area contributed by atoms with E-state index < -0.39 is 46.1 Å². The van der Waals surface area contributed by atoms with Crippen LogP contribution < -0.4 is 32.6 Å². The van der Waals surface area contributed by atoms with E-state index in [1.165, 1.54) is 47.1 Å². The van der Waals surface area contributed by atoms with Gasteiger partial charge in [-0.2, -0.15) is 0 Å². The summed E-state index contributed by atoms with van der Waals surface area (Å²) in [5, 5.41) is 34.1. The van der Waals surface area contributed by atoms with Gasteiger partial charge < -0.3 is 55.1 Å². The van der Waals surface area contributed by atoms with Gasteiger partial charge in [0.25, 0.3) is 23.6 Å². The average molecular weight is 2370 g/mol. The Bertz CT molecular complexity index is 5900. The summed E-state index contributed by atoms with van der Waals surface area (Å²) in [6.45, 7) is 29.1. The number of thiocarbonyl (C=S) groups is 1. The molecule has 8 spiro atoms. The Morgan fingerprint density at radius 2 is 0.755 bits per heavy atom. The molecule has 8 aromatic rings. The van der Waals surface area contributed by atoms with Crippen LogP contribution in [0, 0.1) is 21.7 Å². The first kappa shape index (κ1) is 111. The van der Waals surface area contributed by atoms with Crippen molar-refractivity contribution in [2.45, 2.75) is 320 Å². The molecule has 4 unspecified atom stereocenters. The predicted octanol–water partition coefficient (Wildman–Crippen LogP) is 23.6. The number of nitrogens with one attached hydrogen (secondary N) is 4. The topological polar surface area (TPSA) is 307 Å². The van der Waals surface area contributed by atoms with E-state index in [-0.39, 0.29) is 106 Å². The van der Waals surface area contributed by atoms with Crippen LogP contribution in [0.5, 0.6) is 0 Å². The molecule has 4 aromatic carbocycles.